The zero-order valence-corrected chi connectivity index (χ0v) is 12.5. The number of ether oxygens (including phenoxy) is 1. The minimum Gasteiger partial charge on any atom is -0.482 e. The third-order valence-corrected chi connectivity index (χ3v) is 2.80. The molecule has 4 nitrogen and oxygen atoms in total. The summed E-state index contributed by atoms with van der Waals surface area (Å²) in [6.07, 6.45) is 0.585. The van der Waals surface area contributed by atoms with Crippen LogP contribution in [0.3, 0.4) is 0 Å². The van der Waals surface area contributed by atoms with Gasteiger partial charge in [0.15, 0.2) is 6.61 Å². The van der Waals surface area contributed by atoms with E-state index in [4.69, 9.17) is 33.7 Å². The summed E-state index contributed by atoms with van der Waals surface area (Å²) >= 11 is 12.0. The van der Waals surface area contributed by atoms with Crippen LogP contribution in [-0.4, -0.2) is 25.1 Å². The lowest BCUT2D eigenvalue weighted by Crippen LogP contribution is -2.34. The summed E-state index contributed by atoms with van der Waals surface area (Å²) in [6.45, 7) is 4.13. The van der Waals surface area contributed by atoms with E-state index in [2.05, 4.69) is 5.32 Å². The third kappa shape index (κ3) is 5.27. The quantitative estimate of drug-likeness (QED) is 0.848. The molecule has 0 atom stereocenters. The zero-order valence-electron chi connectivity index (χ0n) is 11.0. The van der Waals surface area contributed by atoms with Crippen molar-refractivity contribution in [3.63, 3.8) is 0 Å². The monoisotopic (exact) mass is 304 g/mol. The van der Waals surface area contributed by atoms with E-state index in [1.807, 2.05) is 13.8 Å². The first kappa shape index (κ1) is 16.1. The number of halogens is 2. The van der Waals surface area contributed by atoms with Gasteiger partial charge < -0.3 is 15.8 Å². The lowest BCUT2D eigenvalue weighted by Gasteiger charge is -2.14. The van der Waals surface area contributed by atoms with Crippen LogP contribution in [0.1, 0.15) is 19.4 Å². The molecule has 1 aromatic rings. The molecule has 0 unspecified atom stereocenters. The van der Waals surface area contributed by atoms with Crippen LogP contribution in [-0.2, 0) is 11.2 Å². The summed E-state index contributed by atoms with van der Waals surface area (Å²) in [6, 6.07) is 3.40. The van der Waals surface area contributed by atoms with E-state index >= 15 is 0 Å². The van der Waals surface area contributed by atoms with Crippen molar-refractivity contribution in [3.8, 4) is 5.75 Å². The second-order valence-electron chi connectivity index (χ2n) is 4.43. The highest BCUT2D eigenvalue weighted by Gasteiger charge is 2.12. The minimum absolute atomic E-state index is 0.0697. The standard InChI is InChI=1S/C13H18Cl2N2O2/c1-8(2)17-12(18)7-19-13-9(3-4-16)5-10(14)6-11(13)15/h5-6,8H,3-4,7,16H2,1-2H3,(H,17,18). The van der Waals surface area contributed by atoms with E-state index in [0.29, 0.717) is 28.8 Å². The average molecular weight is 305 g/mol. The van der Waals surface area contributed by atoms with Gasteiger partial charge in [0, 0.05) is 11.1 Å². The van der Waals surface area contributed by atoms with Crippen molar-refractivity contribution < 1.29 is 9.53 Å². The Balaban J connectivity index is 2.79. The maximum absolute atomic E-state index is 11.5. The smallest absolute Gasteiger partial charge is 0.258 e. The largest absolute Gasteiger partial charge is 0.482 e. The Morgan fingerprint density at radius 3 is 2.68 bits per heavy atom. The molecule has 0 heterocycles. The number of nitrogens with one attached hydrogen (secondary N) is 1. The van der Waals surface area contributed by atoms with Crippen molar-refractivity contribution in [1.29, 1.82) is 0 Å². The first-order valence-electron chi connectivity index (χ1n) is 6.04. The number of amides is 1. The van der Waals surface area contributed by atoms with E-state index in [9.17, 15) is 4.79 Å². The number of carbonyl (C=O) groups is 1. The van der Waals surface area contributed by atoms with Crippen LogP contribution in [0.4, 0.5) is 0 Å². The Bertz CT molecular complexity index is 451. The molecule has 0 aliphatic heterocycles. The predicted octanol–water partition coefficient (Wildman–Crippen LogP) is 2.40. The molecule has 1 aromatic carbocycles. The second kappa shape index (κ2) is 7.58. The molecule has 0 aliphatic rings. The van der Waals surface area contributed by atoms with E-state index < -0.39 is 0 Å². The Kier molecular flexibility index (Phi) is 6.42. The van der Waals surface area contributed by atoms with Crippen LogP contribution in [0.2, 0.25) is 10.0 Å². The van der Waals surface area contributed by atoms with E-state index in [0.717, 1.165) is 5.56 Å². The fraction of sp³-hybridized carbons (Fsp3) is 0.462. The van der Waals surface area contributed by atoms with Gasteiger partial charge in [0.25, 0.3) is 5.91 Å². The van der Waals surface area contributed by atoms with Gasteiger partial charge in [-0.15, -0.1) is 0 Å². The van der Waals surface area contributed by atoms with Gasteiger partial charge in [-0.3, -0.25) is 4.79 Å². The number of carbonyl (C=O) groups excluding carboxylic acids is 1. The van der Waals surface area contributed by atoms with Gasteiger partial charge in [-0.2, -0.15) is 0 Å². The second-order valence-corrected chi connectivity index (χ2v) is 5.27. The molecular weight excluding hydrogens is 287 g/mol. The SMILES string of the molecule is CC(C)NC(=O)COc1c(Cl)cc(Cl)cc1CCN. The zero-order chi connectivity index (χ0) is 14.4. The fourth-order valence-electron chi connectivity index (χ4n) is 1.62. The van der Waals surface area contributed by atoms with Crippen LogP contribution in [0.25, 0.3) is 0 Å². The van der Waals surface area contributed by atoms with Crippen LogP contribution in [0.5, 0.6) is 5.75 Å². The van der Waals surface area contributed by atoms with E-state index in [1.165, 1.54) is 0 Å². The van der Waals surface area contributed by atoms with Crippen molar-refractivity contribution in [2.75, 3.05) is 13.2 Å². The van der Waals surface area contributed by atoms with Gasteiger partial charge in [-0.05, 0) is 44.5 Å². The average Bonchev–Trinajstić information content (AvgIpc) is 2.26. The van der Waals surface area contributed by atoms with Crippen molar-refractivity contribution in [1.82, 2.24) is 5.32 Å². The van der Waals surface area contributed by atoms with Gasteiger partial charge >= 0.3 is 0 Å². The van der Waals surface area contributed by atoms with Crippen molar-refractivity contribution >= 4 is 29.1 Å². The van der Waals surface area contributed by atoms with Crippen LogP contribution < -0.4 is 15.8 Å². The first-order chi connectivity index (χ1) is 8.93. The summed E-state index contributed by atoms with van der Waals surface area (Å²) in [7, 11) is 0. The molecular formula is C13H18Cl2N2O2. The first-order valence-corrected chi connectivity index (χ1v) is 6.79. The van der Waals surface area contributed by atoms with E-state index in [1.54, 1.807) is 12.1 Å². The molecule has 0 aliphatic carbocycles. The lowest BCUT2D eigenvalue weighted by molar-refractivity contribution is -0.123. The molecule has 1 amide bonds. The molecule has 0 radical (unpaired) electrons. The molecule has 0 aromatic heterocycles. The molecule has 0 fully saturated rings. The third-order valence-electron chi connectivity index (χ3n) is 2.30. The highest BCUT2D eigenvalue weighted by Crippen LogP contribution is 2.32. The number of nitrogens with two attached hydrogens (primary N) is 1. The number of hydrogen-bond donors (Lipinski definition) is 2. The van der Waals surface area contributed by atoms with Gasteiger partial charge in [-0.25, -0.2) is 0 Å². The van der Waals surface area contributed by atoms with Gasteiger partial charge in [-0.1, -0.05) is 23.2 Å². The summed E-state index contributed by atoms with van der Waals surface area (Å²) in [5.41, 5.74) is 6.33. The van der Waals surface area contributed by atoms with Crippen molar-refractivity contribution in [2.45, 2.75) is 26.3 Å². The van der Waals surface area contributed by atoms with Gasteiger partial charge in [0.1, 0.15) is 5.75 Å². The summed E-state index contributed by atoms with van der Waals surface area (Å²) in [5.74, 6) is 0.273. The lowest BCUT2D eigenvalue weighted by atomic mass is 10.1. The van der Waals surface area contributed by atoms with Crippen LogP contribution in [0, 0.1) is 0 Å². The molecule has 3 N–H and O–H groups in total. The number of benzene rings is 1. The molecule has 6 heteroatoms. The maximum atomic E-state index is 11.5. The minimum atomic E-state index is -0.195. The number of rotatable bonds is 6. The maximum Gasteiger partial charge on any atom is 0.258 e. The Hall–Kier alpha value is -0.970. The molecule has 0 saturated carbocycles. The summed E-state index contributed by atoms with van der Waals surface area (Å²) in [4.78, 5) is 11.5. The van der Waals surface area contributed by atoms with Crippen LogP contribution in [0.15, 0.2) is 12.1 Å². The Morgan fingerprint density at radius 1 is 1.42 bits per heavy atom. The predicted molar refractivity (Wildman–Crippen MR) is 78.0 cm³/mol. The fourth-order valence-corrected chi connectivity index (χ4v) is 2.21. The summed E-state index contributed by atoms with van der Waals surface area (Å²) < 4.78 is 5.48. The highest BCUT2D eigenvalue weighted by molar-refractivity contribution is 6.35. The van der Waals surface area contributed by atoms with Crippen LogP contribution >= 0.6 is 23.2 Å². The topological polar surface area (TPSA) is 64.3 Å². The molecule has 0 bridgehead atoms. The van der Waals surface area contributed by atoms with Gasteiger partial charge in [0.05, 0.1) is 5.02 Å². The molecule has 1 rings (SSSR count). The normalized spacial score (nSPS) is 10.6. The Labute approximate surface area is 123 Å². The molecule has 0 spiro atoms. The van der Waals surface area contributed by atoms with Crippen molar-refractivity contribution in [2.24, 2.45) is 5.73 Å². The molecule has 19 heavy (non-hydrogen) atoms. The Morgan fingerprint density at radius 2 is 2.11 bits per heavy atom. The highest BCUT2D eigenvalue weighted by atomic mass is 35.5. The summed E-state index contributed by atoms with van der Waals surface area (Å²) in [5, 5.41) is 3.64. The van der Waals surface area contributed by atoms with Gasteiger partial charge in [0.2, 0.25) is 0 Å². The molecule has 0 saturated heterocycles. The van der Waals surface area contributed by atoms with Crippen molar-refractivity contribution in [3.05, 3.63) is 27.7 Å². The van der Waals surface area contributed by atoms with E-state index in [-0.39, 0.29) is 18.6 Å². The number of hydrogen-bond acceptors (Lipinski definition) is 3. The molecule has 106 valence electrons.